The van der Waals surface area contributed by atoms with E-state index in [1.807, 2.05) is 24.1 Å². The number of aryl methyl sites for hydroxylation is 1. The molecule has 0 spiro atoms. The van der Waals surface area contributed by atoms with Crippen molar-refractivity contribution in [3.05, 3.63) is 34.2 Å². The molecule has 0 unspecified atom stereocenters. The lowest BCUT2D eigenvalue weighted by Gasteiger charge is -2.24. The summed E-state index contributed by atoms with van der Waals surface area (Å²) in [6.07, 6.45) is 4.20. The molecule has 2 aliphatic heterocycles. The van der Waals surface area contributed by atoms with Crippen molar-refractivity contribution >= 4 is 23.2 Å². The number of hydrogen-bond acceptors (Lipinski definition) is 4. The number of rotatable bonds is 3. The molecule has 0 bridgehead atoms. The Labute approximate surface area is 145 Å². The standard InChI is InChI=1S/C17H22N4O2S/c1-20-16(11-12(19-20)14-6-3-9-23-14)18-17(22)21-8-2-5-13(21)15-7-4-10-24-15/h4,7,10-11,13-14H,2-3,5-6,8-9H2,1H3,(H,18,22)/t13-,14-/m1/s1. The Hall–Kier alpha value is -1.86. The molecule has 2 aromatic heterocycles. The van der Waals surface area contributed by atoms with Crippen molar-refractivity contribution < 1.29 is 9.53 Å². The molecule has 0 aromatic carbocycles. The van der Waals surface area contributed by atoms with Crippen LogP contribution in [0.4, 0.5) is 10.6 Å². The molecular weight excluding hydrogens is 324 g/mol. The van der Waals surface area contributed by atoms with Crippen LogP contribution in [-0.4, -0.2) is 33.9 Å². The zero-order valence-electron chi connectivity index (χ0n) is 13.8. The summed E-state index contributed by atoms with van der Waals surface area (Å²) in [7, 11) is 1.86. The zero-order valence-corrected chi connectivity index (χ0v) is 14.6. The van der Waals surface area contributed by atoms with Crippen molar-refractivity contribution in [1.29, 1.82) is 0 Å². The van der Waals surface area contributed by atoms with Gasteiger partial charge in [0.25, 0.3) is 0 Å². The maximum atomic E-state index is 12.8. The fourth-order valence-electron chi connectivity index (χ4n) is 3.54. The molecule has 2 atom stereocenters. The second kappa shape index (κ2) is 6.57. The molecule has 2 aliphatic rings. The van der Waals surface area contributed by atoms with E-state index in [0.29, 0.717) is 0 Å². The van der Waals surface area contributed by atoms with Crippen molar-refractivity contribution in [2.45, 2.75) is 37.8 Å². The number of anilines is 1. The van der Waals surface area contributed by atoms with Crippen molar-refractivity contribution in [1.82, 2.24) is 14.7 Å². The van der Waals surface area contributed by atoms with E-state index in [9.17, 15) is 4.79 Å². The summed E-state index contributed by atoms with van der Waals surface area (Å²) in [6, 6.07) is 6.23. The molecule has 7 heteroatoms. The van der Waals surface area contributed by atoms with Gasteiger partial charge in [-0.15, -0.1) is 11.3 Å². The van der Waals surface area contributed by atoms with Crippen LogP contribution in [0.5, 0.6) is 0 Å². The minimum Gasteiger partial charge on any atom is -0.372 e. The molecule has 4 heterocycles. The van der Waals surface area contributed by atoms with Crippen LogP contribution in [0, 0.1) is 0 Å². The molecule has 0 radical (unpaired) electrons. The predicted octanol–water partition coefficient (Wildman–Crippen LogP) is 3.70. The normalized spacial score (nSPS) is 23.8. The SMILES string of the molecule is Cn1nc([C@H]2CCCO2)cc1NC(=O)N1CCC[C@@H]1c1cccs1. The summed E-state index contributed by atoms with van der Waals surface area (Å²) >= 11 is 1.72. The third-order valence-corrected chi connectivity index (χ3v) is 5.75. The molecule has 2 saturated heterocycles. The Morgan fingerprint density at radius 3 is 3.08 bits per heavy atom. The Balaban J connectivity index is 1.47. The number of hydrogen-bond donors (Lipinski definition) is 1. The van der Waals surface area contributed by atoms with Crippen LogP contribution in [0.25, 0.3) is 0 Å². The van der Waals surface area contributed by atoms with E-state index in [-0.39, 0.29) is 18.2 Å². The molecule has 2 fully saturated rings. The molecule has 6 nitrogen and oxygen atoms in total. The predicted molar refractivity (Wildman–Crippen MR) is 93.2 cm³/mol. The summed E-state index contributed by atoms with van der Waals surface area (Å²) in [5.74, 6) is 0.724. The van der Waals surface area contributed by atoms with Crippen LogP contribution in [0.15, 0.2) is 23.6 Å². The number of aromatic nitrogens is 2. The van der Waals surface area contributed by atoms with Crippen LogP contribution >= 0.6 is 11.3 Å². The third kappa shape index (κ3) is 2.93. The largest absolute Gasteiger partial charge is 0.372 e. The van der Waals surface area contributed by atoms with Gasteiger partial charge in [0.1, 0.15) is 11.9 Å². The van der Waals surface area contributed by atoms with Crippen molar-refractivity contribution in [3.63, 3.8) is 0 Å². The molecule has 1 N–H and O–H groups in total. The van der Waals surface area contributed by atoms with Crippen LogP contribution in [0.2, 0.25) is 0 Å². The van der Waals surface area contributed by atoms with Crippen LogP contribution in [-0.2, 0) is 11.8 Å². The maximum Gasteiger partial charge on any atom is 0.323 e. The Morgan fingerprint density at radius 1 is 1.42 bits per heavy atom. The maximum absolute atomic E-state index is 12.8. The summed E-state index contributed by atoms with van der Waals surface area (Å²) in [4.78, 5) is 15.9. The molecule has 0 aliphatic carbocycles. The number of thiophene rings is 1. The van der Waals surface area contributed by atoms with E-state index in [2.05, 4.69) is 21.9 Å². The van der Waals surface area contributed by atoms with Gasteiger partial charge in [0.05, 0.1) is 11.7 Å². The third-order valence-electron chi connectivity index (χ3n) is 4.78. The second-order valence-corrected chi connectivity index (χ2v) is 7.36. The van der Waals surface area contributed by atoms with Crippen molar-refractivity contribution in [3.8, 4) is 0 Å². The van der Waals surface area contributed by atoms with E-state index >= 15 is 0 Å². The number of nitrogens with zero attached hydrogens (tertiary/aromatic N) is 3. The average Bonchev–Trinajstić information content (AvgIpc) is 3.36. The number of urea groups is 1. The summed E-state index contributed by atoms with van der Waals surface area (Å²) in [5.41, 5.74) is 0.904. The monoisotopic (exact) mass is 346 g/mol. The first-order chi connectivity index (χ1) is 11.7. The Kier molecular flexibility index (Phi) is 4.28. The van der Waals surface area contributed by atoms with E-state index in [4.69, 9.17) is 4.74 Å². The lowest BCUT2D eigenvalue weighted by atomic mass is 10.2. The van der Waals surface area contributed by atoms with Gasteiger partial charge >= 0.3 is 6.03 Å². The van der Waals surface area contributed by atoms with Gasteiger partial charge in [-0.3, -0.25) is 10.00 Å². The zero-order chi connectivity index (χ0) is 16.5. The molecule has 4 rings (SSSR count). The molecule has 24 heavy (non-hydrogen) atoms. The smallest absolute Gasteiger partial charge is 0.323 e. The number of ether oxygens (including phenoxy) is 1. The van der Waals surface area contributed by atoms with Gasteiger partial charge in [-0.2, -0.15) is 5.10 Å². The first-order valence-electron chi connectivity index (χ1n) is 8.49. The summed E-state index contributed by atoms with van der Waals surface area (Å²) in [5, 5.41) is 9.59. The lowest BCUT2D eigenvalue weighted by Crippen LogP contribution is -2.34. The highest BCUT2D eigenvalue weighted by Crippen LogP contribution is 2.35. The molecule has 0 saturated carbocycles. The summed E-state index contributed by atoms with van der Waals surface area (Å²) < 4.78 is 7.41. The van der Waals surface area contributed by atoms with Gasteiger partial charge in [-0.25, -0.2) is 4.79 Å². The van der Waals surface area contributed by atoms with E-state index < -0.39 is 0 Å². The minimum absolute atomic E-state index is 0.0483. The number of likely N-dealkylation sites (tertiary alicyclic amines) is 1. The van der Waals surface area contributed by atoms with Gasteiger partial charge in [0, 0.05) is 31.1 Å². The highest BCUT2D eigenvalue weighted by Gasteiger charge is 2.31. The van der Waals surface area contributed by atoms with Crippen LogP contribution in [0.1, 0.15) is 48.4 Å². The quantitative estimate of drug-likeness (QED) is 0.922. The van der Waals surface area contributed by atoms with E-state index in [1.165, 1.54) is 4.88 Å². The van der Waals surface area contributed by atoms with Crippen molar-refractivity contribution in [2.24, 2.45) is 7.05 Å². The number of carbonyl (C=O) groups is 1. The Morgan fingerprint density at radius 2 is 2.33 bits per heavy atom. The highest BCUT2D eigenvalue weighted by molar-refractivity contribution is 7.10. The van der Waals surface area contributed by atoms with Gasteiger partial charge in [0.2, 0.25) is 0 Å². The number of amides is 2. The van der Waals surface area contributed by atoms with Gasteiger partial charge in [-0.1, -0.05) is 6.07 Å². The number of nitrogens with one attached hydrogen (secondary N) is 1. The van der Waals surface area contributed by atoms with Crippen LogP contribution in [0.3, 0.4) is 0 Å². The average molecular weight is 346 g/mol. The lowest BCUT2D eigenvalue weighted by molar-refractivity contribution is 0.108. The van der Waals surface area contributed by atoms with Crippen LogP contribution < -0.4 is 5.32 Å². The van der Waals surface area contributed by atoms with E-state index in [0.717, 1.165) is 50.3 Å². The van der Waals surface area contributed by atoms with Gasteiger partial charge in [0.15, 0.2) is 0 Å². The van der Waals surface area contributed by atoms with E-state index in [1.54, 1.807) is 16.0 Å². The minimum atomic E-state index is -0.0483. The van der Waals surface area contributed by atoms with Gasteiger partial charge in [-0.05, 0) is 37.1 Å². The fourth-order valence-corrected chi connectivity index (χ4v) is 4.42. The molecule has 128 valence electrons. The first kappa shape index (κ1) is 15.7. The summed E-state index contributed by atoms with van der Waals surface area (Å²) in [6.45, 7) is 1.59. The van der Waals surface area contributed by atoms with Gasteiger partial charge < -0.3 is 9.64 Å². The second-order valence-electron chi connectivity index (χ2n) is 6.38. The molecule has 2 amide bonds. The molecule has 2 aromatic rings. The molecular formula is C17H22N4O2S. The Bertz CT molecular complexity index is 706. The number of carbonyl (C=O) groups excluding carboxylic acids is 1. The van der Waals surface area contributed by atoms with Crippen molar-refractivity contribution in [2.75, 3.05) is 18.5 Å². The fraction of sp³-hybridized carbons (Fsp3) is 0.529. The topological polar surface area (TPSA) is 59.4 Å². The highest BCUT2D eigenvalue weighted by atomic mass is 32.1. The first-order valence-corrected chi connectivity index (χ1v) is 9.37.